The van der Waals surface area contributed by atoms with Crippen molar-refractivity contribution < 1.29 is 14.3 Å². The first-order valence-electron chi connectivity index (χ1n) is 9.40. The van der Waals surface area contributed by atoms with Gasteiger partial charge < -0.3 is 14.6 Å². The van der Waals surface area contributed by atoms with Gasteiger partial charge in [0.25, 0.3) is 11.7 Å². The lowest BCUT2D eigenvalue weighted by molar-refractivity contribution is -0.129. The molecule has 0 radical (unpaired) electrons. The summed E-state index contributed by atoms with van der Waals surface area (Å²) >= 11 is 0. The van der Waals surface area contributed by atoms with Gasteiger partial charge in [-0.1, -0.05) is 18.2 Å². The van der Waals surface area contributed by atoms with E-state index in [0.717, 1.165) is 29.4 Å². The van der Waals surface area contributed by atoms with E-state index in [0.29, 0.717) is 30.4 Å². The van der Waals surface area contributed by atoms with Crippen LogP contribution in [0.1, 0.15) is 34.7 Å². The van der Waals surface area contributed by atoms with Crippen LogP contribution < -0.4 is 4.74 Å². The zero-order chi connectivity index (χ0) is 19.7. The zero-order valence-electron chi connectivity index (χ0n) is 15.9. The Morgan fingerprint density at radius 1 is 1.21 bits per heavy atom. The van der Waals surface area contributed by atoms with E-state index in [2.05, 4.69) is 15.0 Å². The standard InChI is InChI=1S/C21H22N4O3/c1-13-10-19(24-14(2)23-13)28-15-6-5-9-25(12-15)21(27)20(26)17-11-22-18-8-4-3-7-16(17)18/h3-4,7-8,10-11,15,22H,5-6,9,12H2,1-2H3. The number of amides is 1. The molecule has 1 saturated heterocycles. The Bertz CT molecular complexity index is 1020. The van der Waals surface area contributed by atoms with Gasteiger partial charge in [0.1, 0.15) is 11.9 Å². The molecule has 0 aliphatic carbocycles. The van der Waals surface area contributed by atoms with Crippen LogP contribution in [-0.4, -0.2) is 50.7 Å². The van der Waals surface area contributed by atoms with Crippen molar-refractivity contribution in [1.29, 1.82) is 0 Å². The SMILES string of the molecule is Cc1cc(OC2CCCN(C(=O)C(=O)c3c[nH]c4ccccc34)C2)nc(C)n1. The van der Waals surface area contributed by atoms with Crippen molar-refractivity contribution in [3.05, 3.63) is 53.6 Å². The molecule has 1 aromatic carbocycles. The molecule has 1 aliphatic heterocycles. The van der Waals surface area contributed by atoms with E-state index in [9.17, 15) is 9.59 Å². The molecule has 3 aromatic rings. The second-order valence-corrected chi connectivity index (χ2v) is 7.11. The van der Waals surface area contributed by atoms with E-state index < -0.39 is 11.7 Å². The van der Waals surface area contributed by atoms with Gasteiger partial charge >= 0.3 is 0 Å². The number of benzene rings is 1. The number of aromatic nitrogens is 3. The van der Waals surface area contributed by atoms with Gasteiger partial charge in [0.2, 0.25) is 5.88 Å². The van der Waals surface area contributed by atoms with Crippen LogP contribution in [0.2, 0.25) is 0 Å². The Morgan fingerprint density at radius 2 is 2.04 bits per heavy atom. The fraction of sp³-hybridized carbons (Fsp3) is 0.333. The number of rotatable bonds is 4. The number of fused-ring (bicyclic) bond motifs is 1. The van der Waals surface area contributed by atoms with Crippen molar-refractivity contribution in [2.24, 2.45) is 0 Å². The van der Waals surface area contributed by atoms with Crippen LogP contribution in [0.15, 0.2) is 36.5 Å². The quantitative estimate of drug-likeness (QED) is 0.557. The molecule has 1 atom stereocenters. The van der Waals surface area contributed by atoms with Crippen molar-refractivity contribution in [3.8, 4) is 5.88 Å². The van der Waals surface area contributed by atoms with Crippen LogP contribution in [0.3, 0.4) is 0 Å². The average Bonchev–Trinajstić information content (AvgIpc) is 3.10. The molecule has 1 fully saturated rings. The number of hydrogen-bond donors (Lipinski definition) is 1. The first-order chi connectivity index (χ1) is 13.5. The summed E-state index contributed by atoms with van der Waals surface area (Å²) in [4.78, 5) is 38.8. The third kappa shape index (κ3) is 3.60. The number of aryl methyl sites for hydroxylation is 2. The maximum Gasteiger partial charge on any atom is 0.295 e. The highest BCUT2D eigenvalue weighted by Crippen LogP contribution is 2.21. The van der Waals surface area contributed by atoms with E-state index in [-0.39, 0.29) is 6.10 Å². The molecule has 1 N–H and O–H groups in total. The lowest BCUT2D eigenvalue weighted by Crippen LogP contribution is -2.47. The molecule has 1 aliphatic rings. The molecule has 0 bridgehead atoms. The number of Topliss-reactive ketones (excluding diaryl/α,β-unsaturated/α-hetero) is 1. The summed E-state index contributed by atoms with van der Waals surface area (Å²) in [6.07, 6.45) is 3.01. The Labute approximate surface area is 162 Å². The van der Waals surface area contributed by atoms with Crippen molar-refractivity contribution in [1.82, 2.24) is 19.9 Å². The minimum Gasteiger partial charge on any atom is -0.472 e. The predicted octanol–water partition coefficient (Wildman–Crippen LogP) is 2.83. The number of carbonyl (C=O) groups excluding carboxylic acids is 2. The number of para-hydroxylation sites is 1. The number of ketones is 1. The van der Waals surface area contributed by atoms with Gasteiger partial charge in [0, 0.05) is 35.4 Å². The van der Waals surface area contributed by atoms with Crippen LogP contribution in [0.4, 0.5) is 0 Å². The van der Waals surface area contributed by atoms with Gasteiger partial charge in [-0.25, -0.2) is 4.98 Å². The minimum absolute atomic E-state index is 0.192. The first kappa shape index (κ1) is 18.2. The van der Waals surface area contributed by atoms with Gasteiger partial charge in [0.15, 0.2) is 0 Å². The molecule has 144 valence electrons. The van der Waals surface area contributed by atoms with Crippen molar-refractivity contribution in [2.45, 2.75) is 32.8 Å². The largest absolute Gasteiger partial charge is 0.472 e. The summed E-state index contributed by atoms with van der Waals surface area (Å²) < 4.78 is 5.98. The second-order valence-electron chi connectivity index (χ2n) is 7.11. The molecule has 4 rings (SSSR count). The summed E-state index contributed by atoms with van der Waals surface area (Å²) in [6, 6.07) is 9.25. The molecule has 7 heteroatoms. The van der Waals surface area contributed by atoms with E-state index in [1.165, 1.54) is 0 Å². The maximum absolute atomic E-state index is 12.8. The lowest BCUT2D eigenvalue weighted by Gasteiger charge is -2.32. The maximum atomic E-state index is 12.8. The highest BCUT2D eigenvalue weighted by Gasteiger charge is 2.30. The molecule has 1 unspecified atom stereocenters. The fourth-order valence-corrected chi connectivity index (χ4v) is 3.65. The third-order valence-corrected chi connectivity index (χ3v) is 4.92. The Hall–Kier alpha value is -3.22. The zero-order valence-corrected chi connectivity index (χ0v) is 15.9. The molecule has 0 spiro atoms. The topological polar surface area (TPSA) is 88.2 Å². The monoisotopic (exact) mass is 378 g/mol. The summed E-state index contributed by atoms with van der Waals surface area (Å²) in [5.74, 6) is 0.167. The van der Waals surface area contributed by atoms with Crippen molar-refractivity contribution in [2.75, 3.05) is 13.1 Å². The minimum atomic E-state index is -0.494. The molecule has 3 heterocycles. The summed E-state index contributed by atoms with van der Waals surface area (Å²) in [5.41, 5.74) is 2.08. The van der Waals surface area contributed by atoms with Crippen LogP contribution in [0.25, 0.3) is 10.9 Å². The van der Waals surface area contributed by atoms with Gasteiger partial charge in [0.05, 0.1) is 12.1 Å². The number of likely N-dealkylation sites (tertiary alicyclic amines) is 1. The smallest absolute Gasteiger partial charge is 0.295 e. The third-order valence-electron chi connectivity index (χ3n) is 4.92. The number of piperidine rings is 1. The molecule has 1 amide bonds. The molecule has 28 heavy (non-hydrogen) atoms. The Balaban J connectivity index is 1.48. The van der Waals surface area contributed by atoms with Gasteiger partial charge in [-0.15, -0.1) is 0 Å². The highest BCUT2D eigenvalue weighted by molar-refractivity contribution is 6.44. The Kier molecular flexibility index (Phi) is 4.81. The second kappa shape index (κ2) is 7.42. The average molecular weight is 378 g/mol. The summed E-state index contributed by atoms with van der Waals surface area (Å²) in [6.45, 7) is 4.62. The van der Waals surface area contributed by atoms with E-state index in [1.54, 1.807) is 17.2 Å². The normalized spacial score (nSPS) is 16.9. The molecule has 0 saturated carbocycles. The van der Waals surface area contributed by atoms with Crippen LogP contribution in [0.5, 0.6) is 5.88 Å². The number of nitrogens with one attached hydrogen (secondary N) is 1. The molecular weight excluding hydrogens is 356 g/mol. The summed E-state index contributed by atoms with van der Waals surface area (Å²) in [5, 5.41) is 0.762. The van der Waals surface area contributed by atoms with E-state index >= 15 is 0 Å². The molecule has 7 nitrogen and oxygen atoms in total. The number of carbonyl (C=O) groups is 2. The molecule has 2 aromatic heterocycles. The lowest BCUT2D eigenvalue weighted by atomic mass is 10.0. The van der Waals surface area contributed by atoms with Gasteiger partial charge in [-0.05, 0) is 32.8 Å². The number of nitrogens with zero attached hydrogens (tertiary/aromatic N) is 3. The van der Waals surface area contributed by atoms with Crippen LogP contribution >= 0.6 is 0 Å². The number of aromatic amines is 1. The van der Waals surface area contributed by atoms with Crippen LogP contribution in [-0.2, 0) is 4.79 Å². The first-order valence-corrected chi connectivity index (χ1v) is 9.40. The highest BCUT2D eigenvalue weighted by atomic mass is 16.5. The van der Waals surface area contributed by atoms with Crippen LogP contribution in [0, 0.1) is 13.8 Å². The van der Waals surface area contributed by atoms with Crippen molar-refractivity contribution in [3.63, 3.8) is 0 Å². The fourth-order valence-electron chi connectivity index (χ4n) is 3.65. The van der Waals surface area contributed by atoms with E-state index in [1.807, 2.05) is 38.1 Å². The number of H-pyrrole nitrogens is 1. The number of hydrogen-bond acceptors (Lipinski definition) is 5. The van der Waals surface area contributed by atoms with Crippen molar-refractivity contribution >= 4 is 22.6 Å². The Morgan fingerprint density at radius 3 is 2.86 bits per heavy atom. The molecular formula is C21H22N4O3. The van der Waals surface area contributed by atoms with Gasteiger partial charge in [-0.2, -0.15) is 4.98 Å². The predicted molar refractivity (Wildman–Crippen MR) is 104 cm³/mol. The number of ether oxygens (including phenoxy) is 1. The van der Waals surface area contributed by atoms with Gasteiger partial charge in [-0.3, -0.25) is 9.59 Å². The van der Waals surface area contributed by atoms with E-state index in [4.69, 9.17) is 4.74 Å². The summed E-state index contributed by atoms with van der Waals surface area (Å²) in [7, 11) is 0.